The number of nitrogens with zero attached hydrogens (tertiary/aromatic N) is 2. The molecule has 3 rings (SSSR count). The molecule has 0 spiro atoms. The quantitative estimate of drug-likeness (QED) is 0.816. The summed E-state index contributed by atoms with van der Waals surface area (Å²) in [5, 5.41) is 2.61. The van der Waals surface area contributed by atoms with E-state index in [4.69, 9.17) is 10.5 Å². The van der Waals surface area contributed by atoms with Crippen LogP contribution >= 0.6 is 0 Å². The maximum atomic E-state index is 12.5. The summed E-state index contributed by atoms with van der Waals surface area (Å²) in [5.41, 5.74) is 6.14. The van der Waals surface area contributed by atoms with Gasteiger partial charge in [0.15, 0.2) is 0 Å². The molecule has 0 radical (unpaired) electrons. The van der Waals surface area contributed by atoms with Crippen molar-refractivity contribution in [3.05, 3.63) is 59.4 Å². The second-order valence-corrected chi connectivity index (χ2v) is 6.48. The van der Waals surface area contributed by atoms with Gasteiger partial charge in [-0.1, -0.05) is 12.1 Å². The van der Waals surface area contributed by atoms with Crippen LogP contribution in [0.15, 0.2) is 47.6 Å². The van der Waals surface area contributed by atoms with Gasteiger partial charge in [0.2, 0.25) is 0 Å². The predicted octanol–water partition coefficient (Wildman–Crippen LogP) is 3.39. The molecule has 2 atom stereocenters. The summed E-state index contributed by atoms with van der Waals surface area (Å²) in [6.07, 6.45) is -2.35. The van der Waals surface area contributed by atoms with Crippen molar-refractivity contribution in [2.45, 2.75) is 38.1 Å². The summed E-state index contributed by atoms with van der Waals surface area (Å²) in [4.78, 5) is 19.9. The molecule has 1 aliphatic rings. The number of hydrogen-bond donors (Lipinski definition) is 2. The number of nitrogens with two attached hydrogens (primary N) is 1. The third kappa shape index (κ3) is 4.79. The zero-order chi connectivity index (χ0) is 20.3. The Bertz CT molecular complexity index is 864. The van der Waals surface area contributed by atoms with Gasteiger partial charge in [0.25, 0.3) is 11.9 Å². The minimum absolute atomic E-state index is 0.0186. The van der Waals surface area contributed by atoms with Gasteiger partial charge in [0, 0.05) is 11.9 Å². The third-order valence-electron chi connectivity index (χ3n) is 4.41. The Kier molecular flexibility index (Phi) is 5.53. The first-order valence-corrected chi connectivity index (χ1v) is 8.66. The smallest absolute Gasteiger partial charge is 0.417 e. The van der Waals surface area contributed by atoms with Crippen LogP contribution < -0.4 is 11.1 Å². The number of amides is 1. The average molecular weight is 392 g/mol. The van der Waals surface area contributed by atoms with Gasteiger partial charge in [-0.05, 0) is 49.6 Å². The summed E-state index contributed by atoms with van der Waals surface area (Å²) >= 11 is 0. The van der Waals surface area contributed by atoms with Crippen molar-refractivity contribution in [1.29, 1.82) is 0 Å². The largest absolute Gasteiger partial charge is 0.460 e. The Morgan fingerprint density at radius 1 is 1.21 bits per heavy atom. The fourth-order valence-corrected chi connectivity index (χ4v) is 2.83. The van der Waals surface area contributed by atoms with Gasteiger partial charge in [-0.15, -0.1) is 0 Å². The Morgan fingerprint density at radius 3 is 2.46 bits per heavy atom. The lowest BCUT2D eigenvalue weighted by Crippen LogP contribution is -2.20. The summed E-state index contributed by atoms with van der Waals surface area (Å²) in [6, 6.07) is 9.29. The highest BCUT2D eigenvalue weighted by Crippen LogP contribution is 2.28. The van der Waals surface area contributed by atoms with E-state index >= 15 is 0 Å². The van der Waals surface area contributed by atoms with E-state index in [-0.39, 0.29) is 23.9 Å². The van der Waals surface area contributed by atoms with Gasteiger partial charge in [0.1, 0.15) is 11.8 Å². The van der Waals surface area contributed by atoms with Crippen molar-refractivity contribution >= 4 is 17.6 Å². The van der Waals surface area contributed by atoms with Crippen LogP contribution in [0.3, 0.4) is 0 Å². The van der Waals surface area contributed by atoms with Crippen molar-refractivity contribution in [2.24, 2.45) is 10.7 Å². The second-order valence-electron chi connectivity index (χ2n) is 6.48. The summed E-state index contributed by atoms with van der Waals surface area (Å²) in [5.74, 6) is -0.580. The molecule has 1 aliphatic heterocycles. The highest BCUT2D eigenvalue weighted by molar-refractivity contribution is 6.02. The predicted molar refractivity (Wildman–Crippen MR) is 97.9 cm³/mol. The molecule has 0 bridgehead atoms. The maximum absolute atomic E-state index is 12.5. The number of nitrogens with one attached hydrogen (secondary N) is 1. The van der Waals surface area contributed by atoms with E-state index < -0.39 is 17.6 Å². The Hall–Kier alpha value is -3.10. The number of anilines is 1. The van der Waals surface area contributed by atoms with Crippen LogP contribution in [0.5, 0.6) is 0 Å². The highest BCUT2D eigenvalue weighted by Gasteiger charge is 2.31. The van der Waals surface area contributed by atoms with E-state index in [1.54, 1.807) is 12.1 Å². The van der Waals surface area contributed by atoms with E-state index in [1.165, 1.54) is 0 Å². The fraction of sp³-hybridized carbons (Fsp3) is 0.316. The van der Waals surface area contributed by atoms with E-state index in [1.807, 2.05) is 19.1 Å². The number of carbonyl (C=O) groups is 1. The van der Waals surface area contributed by atoms with Crippen molar-refractivity contribution < 1.29 is 22.7 Å². The van der Waals surface area contributed by atoms with Crippen LogP contribution in [0, 0.1) is 0 Å². The number of aromatic nitrogens is 1. The van der Waals surface area contributed by atoms with Crippen LogP contribution in [0.4, 0.5) is 18.9 Å². The molecule has 0 saturated heterocycles. The van der Waals surface area contributed by atoms with Gasteiger partial charge in [0.05, 0.1) is 11.6 Å². The number of halogens is 3. The normalized spacial score (nSPS) is 19.1. The number of rotatable bonds is 5. The molecule has 0 fully saturated rings. The summed E-state index contributed by atoms with van der Waals surface area (Å²) in [6.45, 7) is 1.92. The van der Waals surface area contributed by atoms with Gasteiger partial charge in [-0.3, -0.25) is 9.78 Å². The number of ether oxygens (including phenoxy) is 1. The molecule has 6 nitrogen and oxygen atoms in total. The van der Waals surface area contributed by atoms with Gasteiger partial charge in [-0.25, -0.2) is 4.99 Å². The third-order valence-corrected chi connectivity index (χ3v) is 4.41. The Morgan fingerprint density at radius 2 is 1.93 bits per heavy atom. The monoisotopic (exact) mass is 392 g/mol. The van der Waals surface area contributed by atoms with E-state index in [0.29, 0.717) is 11.9 Å². The summed E-state index contributed by atoms with van der Waals surface area (Å²) < 4.78 is 42.9. The highest BCUT2D eigenvalue weighted by atomic mass is 19.4. The first-order chi connectivity index (χ1) is 13.2. The molecule has 0 aliphatic carbocycles. The number of benzene rings is 1. The molecule has 3 N–H and O–H groups in total. The zero-order valence-corrected chi connectivity index (χ0v) is 15.0. The summed E-state index contributed by atoms with van der Waals surface area (Å²) in [7, 11) is 0. The minimum Gasteiger partial charge on any atom is -0.460 e. The number of aliphatic imine (C=N–C) groups is 1. The molecule has 1 aromatic heterocycles. The van der Waals surface area contributed by atoms with Crippen molar-refractivity contribution in [2.75, 3.05) is 5.32 Å². The number of hydrogen-bond acceptors (Lipinski definition) is 5. The average Bonchev–Trinajstić information content (AvgIpc) is 2.98. The van der Waals surface area contributed by atoms with E-state index in [9.17, 15) is 18.0 Å². The molecule has 2 aromatic rings. The molecule has 1 aromatic carbocycles. The molecule has 0 saturated carbocycles. The van der Waals surface area contributed by atoms with Crippen LogP contribution in [0.2, 0.25) is 0 Å². The fourth-order valence-electron chi connectivity index (χ4n) is 2.83. The molecule has 28 heavy (non-hydrogen) atoms. The molecular formula is C19H19F3N4O2. The van der Waals surface area contributed by atoms with Crippen LogP contribution in [-0.2, 0) is 17.3 Å². The molecular weight excluding hydrogens is 373 g/mol. The molecule has 9 heteroatoms. The molecule has 2 heterocycles. The SMILES string of the molecule is CC1OC(N)=NC1CCc1ccc(NC(=O)c2ccc(C(F)(F)F)cn2)cc1. The van der Waals surface area contributed by atoms with Crippen molar-refractivity contribution in [3.8, 4) is 0 Å². The van der Waals surface area contributed by atoms with E-state index in [2.05, 4.69) is 15.3 Å². The second kappa shape index (κ2) is 7.87. The molecule has 148 valence electrons. The van der Waals surface area contributed by atoms with Gasteiger partial charge in [-0.2, -0.15) is 13.2 Å². The lowest BCUT2D eigenvalue weighted by Gasteiger charge is -2.12. The molecule has 1 amide bonds. The van der Waals surface area contributed by atoms with E-state index in [0.717, 1.165) is 30.5 Å². The maximum Gasteiger partial charge on any atom is 0.417 e. The first-order valence-electron chi connectivity index (χ1n) is 8.66. The number of alkyl halides is 3. The van der Waals surface area contributed by atoms with Crippen molar-refractivity contribution in [1.82, 2.24) is 4.98 Å². The zero-order valence-electron chi connectivity index (χ0n) is 15.0. The minimum atomic E-state index is -4.49. The lowest BCUT2D eigenvalue weighted by molar-refractivity contribution is -0.137. The Labute approximate surface area is 159 Å². The van der Waals surface area contributed by atoms with Gasteiger partial charge < -0.3 is 15.8 Å². The number of amidine groups is 1. The number of carbonyl (C=O) groups excluding carboxylic acids is 1. The Balaban J connectivity index is 1.56. The number of aryl methyl sites for hydroxylation is 1. The van der Waals surface area contributed by atoms with Gasteiger partial charge >= 0.3 is 6.18 Å². The molecule has 2 unspecified atom stereocenters. The standard InChI is InChI=1S/C19H19F3N4O2/c1-11-15(26-18(23)28-11)8-4-12-2-6-14(7-3-12)25-17(27)16-9-5-13(10-24-16)19(20,21)22/h2-3,5-7,9-11,15H,4,8H2,1H3,(H2,23,26)(H,25,27). The van der Waals surface area contributed by atoms with Crippen LogP contribution in [0.1, 0.15) is 35.0 Å². The van der Waals surface area contributed by atoms with Crippen LogP contribution in [-0.4, -0.2) is 29.1 Å². The lowest BCUT2D eigenvalue weighted by atomic mass is 10.0. The van der Waals surface area contributed by atoms with Crippen LogP contribution in [0.25, 0.3) is 0 Å². The van der Waals surface area contributed by atoms with Crippen molar-refractivity contribution in [3.63, 3.8) is 0 Å². The number of pyridine rings is 1. The topological polar surface area (TPSA) is 89.6 Å². The first kappa shape index (κ1) is 19.7.